The molecule has 3 aromatic rings. The molecule has 0 atom stereocenters. The largest absolute Gasteiger partial charge is 0.379 e. The van der Waals surface area contributed by atoms with E-state index in [1.54, 1.807) is 18.2 Å². The van der Waals surface area contributed by atoms with Crippen molar-refractivity contribution in [1.82, 2.24) is 9.29 Å². The smallest absolute Gasteiger partial charge is 0.243 e. The van der Waals surface area contributed by atoms with E-state index in [0.717, 1.165) is 32.8 Å². The van der Waals surface area contributed by atoms with Crippen molar-refractivity contribution in [2.75, 3.05) is 37.4 Å². The predicted octanol–water partition coefficient (Wildman–Crippen LogP) is 3.91. The Balaban J connectivity index is 1.49. The van der Waals surface area contributed by atoms with Gasteiger partial charge in [0.1, 0.15) is 0 Å². The Labute approximate surface area is 198 Å². The Kier molecular flexibility index (Phi) is 7.04. The number of sulfonamides is 1. The summed E-state index contributed by atoms with van der Waals surface area (Å²) in [4.78, 5) is 17.4. The Morgan fingerprint density at radius 2 is 1.85 bits per heavy atom. The highest BCUT2D eigenvalue weighted by atomic mass is 32.2. The summed E-state index contributed by atoms with van der Waals surface area (Å²) in [6, 6.07) is 12.7. The lowest BCUT2D eigenvalue weighted by Crippen LogP contribution is -2.40. The molecule has 0 unspecified atom stereocenters. The van der Waals surface area contributed by atoms with Crippen molar-refractivity contribution < 1.29 is 17.9 Å². The number of aromatic nitrogens is 1. The first-order chi connectivity index (χ1) is 15.8. The number of thioether (sulfide) groups is 1. The second-order valence-corrected chi connectivity index (χ2v) is 11.0. The maximum atomic E-state index is 13.0. The Morgan fingerprint density at radius 1 is 1.09 bits per heavy atom. The van der Waals surface area contributed by atoms with E-state index in [9.17, 15) is 13.2 Å². The number of rotatable bonds is 6. The van der Waals surface area contributed by atoms with Gasteiger partial charge in [-0.25, -0.2) is 13.4 Å². The first-order valence-corrected chi connectivity index (χ1v) is 13.2. The van der Waals surface area contributed by atoms with E-state index in [-0.39, 0.29) is 16.6 Å². The van der Waals surface area contributed by atoms with Crippen LogP contribution in [0.25, 0.3) is 10.9 Å². The van der Waals surface area contributed by atoms with Gasteiger partial charge in [-0.15, -0.1) is 0 Å². The van der Waals surface area contributed by atoms with Crippen molar-refractivity contribution in [3.63, 3.8) is 0 Å². The van der Waals surface area contributed by atoms with E-state index in [0.29, 0.717) is 31.8 Å². The lowest BCUT2D eigenvalue weighted by atomic mass is 10.1. The summed E-state index contributed by atoms with van der Waals surface area (Å²) in [6.45, 7) is 7.46. The number of amides is 1. The topological polar surface area (TPSA) is 88.6 Å². The molecule has 0 spiro atoms. The normalized spacial score (nSPS) is 15.0. The average molecular weight is 486 g/mol. The zero-order valence-corrected chi connectivity index (χ0v) is 20.6. The molecule has 1 aliphatic heterocycles. The maximum absolute atomic E-state index is 13.0. The summed E-state index contributed by atoms with van der Waals surface area (Å²) in [7, 11) is -3.57. The minimum absolute atomic E-state index is 0.0970. The van der Waals surface area contributed by atoms with Crippen molar-refractivity contribution in [1.29, 1.82) is 0 Å². The van der Waals surface area contributed by atoms with Gasteiger partial charge in [-0.3, -0.25) is 4.79 Å². The molecule has 0 aliphatic carbocycles. The van der Waals surface area contributed by atoms with Crippen LogP contribution < -0.4 is 5.32 Å². The highest BCUT2D eigenvalue weighted by molar-refractivity contribution is 7.99. The summed E-state index contributed by atoms with van der Waals surface area (Å²) < 4.78 is 32.7. The molecule has 0 bridgehead atoms. The number of hydrogen-bond donors (Lipinski definition) is 1. The van der Waals surface area contributed by atoms with Gasteiger partial charge in [-0.05, 0) is 67.8 Å². The third kappa shape index (κ3) is 5.22. The summed E-state index contributed by atoms with van der Waals surface area (Å²) in [5.41, 5.74) is 4.61. The predicted molar refractivity (Wildman–Crippen MR) is 131 cm³/mol. The lowest BCUT2D eigenvalue weighted by molar-refractivity contribution is -0.113. The number of carbonyl (C=O) groups excluding carboxylic acids is 1. The van der Waals surface area contributed by atoms with Gasteiger partial charge in [0.25, 0.3) is 0 Å². The van der Waals surface area contributed by atoms with E-state index in [2.05, 4.69) is 10.3 Å². The number of ether oxygens (including phenoxy) is 1. The van der Waals surface area contributed by atoms with Crippen molar-refractivity contribution in [2.45, 2.75) is 30.7 Å². The van der Waals surface area contributed by atoms with Crippen LogP contribution in [-0.2, 0) is 19.6 Å². The van der Waals surface area contributed by atoms with Crippen LogP contribution in [0.4, 0.5) is 5.69 Å². The third-order valence-corrected chi connectivity index (χ3v) is 8.61. The number of aryl methyl sites for hydroxylation is 2. The third-order valence-electron chi connectivity index (χ3n) is 5.80. The van der Waals surface area contributed by atoms with Crippen molar-refractivity contribution in [2.24, 2.45) is 0 Å². The summed E-state index contributed by atoms with van der Waals surface area (Å²) in [5, 5.41) is 4.47. The van der Waals surface area contributed by atoms with Crippen molar-refractivity contribution >= 4 is 44.3 Å². The Hall–Kier alpha value is -2.46. The Morgan fingerprint density at radius 3 is 2.61 bits per heavy atom. The van der Waals surface area contributed by atoms with Crippen LogP contribution in [0.5, 0.6) is 0 Å². The number of hydrogen-bond acceptors (Lipinski definition) is 6. The molecule has 0 radical (unpaired) electrons. The van der Waals surface area contributed by atoms with Crippen LogP contribution in [-0.4, -0.2) is 55.7 Å². The molecule has 4 rings (SSSR count). The zero-order chi connectivity index (χ0) is 23.6. The molecule has 2 aromatic carbocycles. The van der Waals surface area contributed by atoms with Gasteiger partial charge in [0.2, 0.25) is 15.9 Å². The van der Waals surface area contributed by atoms with Crippen LogP contribution >= 0.6 is 11.8 Å². The number of benzene rings is 2. The summed E-state index contributed by atoms with van der Waals surface area (Å²) >= 11 is 1.36. The molecule has 1 N–H and O–H groups in total. The number of anilines is 1. The first kappa shape index (κ1) is 23.7. The minimum atomic E-state index is -3.57. The van der Waals surface area contributed by atoms with E-state index in [1.807, 2.05) is 45.0 Å². The molecule has 0 saturated carbocycles. The molecular formula is C24H27N3O4S2. The van der Waals surface area contributed by atoms with E-state index in [4.69, 9.17) is 4.74 Å². The molecule has 9 heteroatoms. The van der Waals surface area contributed by atoms with Crippen molar-refractivity contribution in [3.8, 4) is 0 Å². The number of nitrogens with zero attached hydrogens (tertiary/aromatic N) is 2. The number of carbonyl (C=O) groups is 1. The van der Waals surface area contributed by atoms with Crippen LogP contribution in [0.1, 0.15) is 16.7 Å². The maximum Gasteiger partial charge on any atom is 0.243 e. The first-order valence-electron chi connectivity index (χ1n) is 10.7. The lowest BCUT2D eigenvalue weighted by Gasteiger charge is -2.26. The van der Waals surface area contributed by atoms with Crippen LogP contribution in [0.3, 0.4) is 0 Å². The number of fused-ring (bicyclic) bond motifs is 1. The standard InChI is InChI=1S/C24H27N3O4S2/c1-16-5-4-6-21(18(16)3)25-23(28)15-32-24-13-17(2)20-14-19(7-8-22(20)26-24)33(29,30)27-9-11-31-12-10-27/h4-8,13-14H,9-12,15H2,1-3H3,(H,25,28). The molecule has 1 saturated heterocycles. The summed E-state index contributed by atoms with van der Waals surface area (Å²) in [6.07, 6.45) is 0. The molecule has 33 heavy (non-hydrogen) atoms. The van der Waals surface area contributed by atoms with Gasteiger partial charge in [0.05, 0.1) is 34.4 Å². The SMILES string of the molecule is Cc1cccc(NC(=O)CSc2cc(C)c3cc(S(=O)(=O)N4CCOCC4)ccc3n2)c1C. The fourth-order valence-electron chi connectivity index (χ4n) is 3.73. The molecule has 174 valence electrons. The van der Waals surface area contributed by atoms with Crippen molar-refractivity contribution in [3.05, 3.63) is 59.2 Å². The van der Waals surface area contributed by atoms with Crippen LogP contribution in [0, 0.1) is 20.8 Å². The van der Waals surface area contributed by atoms with E-state index in [1.165, 1.54) is 16.1 Å². The number of nitrogens with one attached hydrogen (secondary N) is 1. The summed E-state index contributed by atoms with van der Waals surface area (Å²) in [5.74, 6) is 0.134. The monoisotopic (exact) mass is 485 g/mol. The van der Waals surface area contributed by atoms with Gasteiger partial charge in [0, 0.05) is 24.2 Å². The zero-order valence-electron chi connectivity index (χ0n) is 18.9. The second kappa shape index (κ2) is 9.80. The highest BCUT2D eigenvalue weighted by Crippen LogP contribution is 2.28. The minimum Gasteiger partial charge on any atom is -0.379 e. The number of morpholine rings is 1. The fourth-order valence-corrected chi connectivity index (χ4v) is 5.93. The molecule has 7 nitrogen and oxygen atoms in total. The molecular weight excluding hydrogens is 458 g/mol. The molecule has 1 aliphatic rings. The number of pyridine rings is 1. The van der Waals surface area contributed by atoms with Crippen LogP contribution in [0.2, 0.25) is 0 Å². The van der Waals surface area contributed by atoms with Gasteiger partial charge >= 0.3 is 0 Å². The molecule has 2 heterocycles. The van der Waals surface area contributed by atoms with Gasteiger partial charge in [-0.2, -0.15) is 4.31 Å². The molecule has 1 fully saturated rings. The Bertz CT molecular complexity index is 1300. The van der Waals surface area contributed by atoms with Gasteiger partial charge in [-0.1, -0.05) is 23.9 Å². The van der Waals surface area contributed by atoms with Gasteiger partial charge < -0.3 is 10.1 Å². The van der Waals surface area contributed by atoms with E-state index >= 15 is 0 Å². The second-order valence-electron chi connectivity index (χ2n) is 8.06. The fraction of sp³-hybridized carbons (Fsp3) is 0.333. The van der Waals surface area contributed by atoms with Gasteiger partial charge in [0.15, 0.2) is 0 Å². The van der Waals surface area contributed by atoms with Crippen LogP contribution in [0.15, 0.2) is 52.4 Å². The highest BCUT2D eigenvalue weighted by Gasteiger charge is 2.26. The average Bonchev–Trinajstić information content (AvgIpc) is 2.81. The van der Waals surface area contributed by atoms with E-state index < -0.39 is 10.0 Å². The quantitative estimate of drug-likeness (QED) is 0.533. The molecule has 1 aromatic heterocycles. The molecule has 1 amide bonds.